The fourth-order valence-corrected chi connectivity index (χ4v) is 3.59. The van der Waals surface area contributed by atoms with Gasteiger partial charge in [-0.1, -0.05) is 32.4 Å². The minimum absolute atomic E-state index is 0.102. The zero-order chi connectivity index (χ0) is 13.5. The normalized spacial score (nSPS) is 11.8. The third kappa shape index (κ3) is 2.78. The molecule has 96 valence electrons. The van der Waals surface area contributed by atoms with Crippen molar-refractivity contribution >= 4 is 45.5 Å². The fraction of sp³-hybridized carbons (Fsp3) is 0.333. The molecule has 18 heavy (non-hydrogen) atoms. The van der Waals surface area contributed by atoms with E-state index in [4.69, 9.17) is 11.6 Å². The number of thiophene rings is 1. The Hall–Kier alpha value is -0.400. The summed E-state index contributed by atoms with van der Waals surface area (Å²) in [6.45, 7) is 6.13. The van der Waals surface area contributed by atoms with Crippen LogP contribution in [0.1, 0.15) is 26.5 Å². The lowest BCUT2D eigenvalue weighted by Gasteiger charge is -2.19. The molecule has 0 aromatic carbocycles. The number of nitrogens with zero attached hydrogens (tertiary/aromatic N) is 1. The molecule has 2 heterocycles. The van der Waals surface area contributed by atoms with E-state index in [1.54, 1.807) is 0 Å². The number of aromatic amines is 1. The summed E-state index contributed by atoms with van der Waals surface area (Å²) in [4.78, 5) is 20.2. The summed E-state index contributed by atoms with van der Waals surface area (Å²) < 4.78 is 0.645. The van der Waals surface area contributed by atoms with Gasteiger partial charge in [-0.15, -0.1) is 11.3 Å². The third-order valence-corrected chi connectivity index (χ3v) is 4.66. The van der Waals surface area contributed by atoms with Crippen LogP contribution in [0.3, 0.4) is 0 Å². The maximum absolute atomic E-state index is 12.0. The largest absolute Gasteiger partial charge is 0.305 e. The van der Waals surface area contributed by atoms with Crippen molar-refractivity contribution < 1.29 is 0 Å². The van der Waals surface area contributed by atoms with Crippen molar-refractivity contribution in [3.05, 3.63) is 36.1 Å². The molecule has 0 spiro atoms. The van der Waals surface area contributed by atoms with Crippen molar-refractivity contribution in [3.63, 3.8) is 0 Å². The van der Waals surface area contributed by atoms with Crippen LogP contribution in [-0.2, 0) is 5.41 Å². The molecule has 3 nitrogen and oxygen atoms in total. The second-order valence-electron chi connectivity index (χ2n) is 4.96. The lowest BCUT2D eigenvalue weighted by molar-refractivity contribution is 0.562. The van der Waals surface area contributed by atoms with Crippen molar-refractivity contribution in [1.29, 1.82) is 0 Å². The summed E-state index contributed by atoms with van der Waals surface area (Å²) in [5.41, 5.74) is 0.544. The van der Waals surface area contributed by atoms with Crippen LogP contribution in [-0.4, -0.2) is 9.97 Å². The minimum atomic E-state index is -0.166. The van der Waals surface area contributed by atoms with Crippen LogP contribution >= 0.6 is 45.5 Å². The van der Waals surface area contributed by atoms with E-state index in [1.165, 1.54) is 11.3 Å². The molecule has 2 aromatic rings. The van der Waals surface area contributed by atoms with E-state index >= 15 is 0 Å². The van der Waals surface area contributed by atoms with Crippen molar-refractivity contribution in [2.24, 2.45) is 0 Å². The number of hydrogen-bond donors (Lipinski definition) is 1. The van der Waals surface area contributed by atoms with Gasteiger partial charge in [0.1, 0.15) is 3.57 Å². The molecule has 0 atom stereocenters. The Labute approximate surface area is 128 Å². The predicted molar refractivity (Wildman–Crippen MR) is 84.6 cm³/mol. The van der Waals surface area contributed by atoms with E-state index < -0.39 is 0 Å². The molecule has 0 amide bonds. The van der Waals surface area contributed by atoms with Crippen molar-refractivity contribution in [2.75, 3.05) is 0 Å². The molecule has 0 aliphatic rings. The molecule has 0 unspecified atom stereocenters. The highest BCUT2D eigenvalue weighted by Crippen LogP contribution is 2.29. The van der Waals surface area contributed by atoms with Gasteiger partial charge < -0.3 is 4.98 Å². The second-order valence-corrected chi connectivity index (χ2v) is 7.38. The Kier molecular flexibility index (Phi) is 3.85. The lowest BCUT2D eigenvalue weighted by atomic mass is 9.92. The van der Waals surface area contributed by atoms with Crippen LogP contribution in [0.2, 0.25) is 5.02 Å². The zero-order valence-electron chi connectivity index (χ0n) is 10.2. The summed E-state index contributed by atoms with van der Waals surface area (Å²) in [5.74, 6) is 0.585. The first-order valence-corrected chi connectivity index (χ1v) is 7.67. The van der Waals surface area contributed by atoms with E-state index in [0.29, 0.717) is 14.4 Å². The standard InChI is InChI=1S/C12H12ClIN2OS/c1-12(2,3)9-8(14)11(17)16-10(15-9)7-4-6(13)5-18-7/h4-5H,1-3H3,(H,15,16,17). The highest BCUT2D eigenvalue weighted by Gasteiger charge is 2.22. The van der Waals surface area contributed by atoms with Gasteiger partial charge in [-0.3, -0.25) is 4.79 Å². The van der Waals surface area contributed by atoms with E-state index in [9.17, 15) is 4.79 Å². The van der Waals surface area contributed by atoms with Gasteiger partial charge in [0.05, 0.1) is 15.6 Å². The summed E-state index contributed by atoms with van der Waals surface area (Å²) in [5, 5.41) is 2.49. The molecule has 0 fully saturated rings. The summed E-state index contributed by atoms with van der Waals surface area (Å²) in [7, 11) is 0. The van der Waals surface area contributed by atoms with Crippen LogP contribution < -0.4 is 5.56 Å². The zero-order valence-corrected chi connectivity index (χ0v) is 13.9. The highest BCUT2D eigenvalue weighted by atomic mass is 127. The highest BCUT2D eigenvalue weighted by molar-refractivity contribution is 14.1. The van der Waals surface area contributed by atoms with E-state index in [2.05, 4.69) is 9.97 Å². The van der Waals surface area contributed by atoms with Crippen molar-refractivity contribution in [1.82, 2.24) is 9.97 Å². The molecule has 0 saturated carbocycles. The molecule has 1 N–H and O–H groups in total. The summed E-state index contributed by atoms with van der Waals surface area (Å²) >= 11 is 9.41. The molecule has 2 rings (SSSR count). The van der Waals surface area contributed by atoms with Gasteiger partial charge in [-0.05, 0) is 28.7 Å². The molecule has 0 aliphatic heterocycles. The molecule has 2 aromatic heterocycles. The van der Waals surface area contributed by atoms with E-state index in [0.717, 1.165) is 10.6 Å². The Morgan fingerprint density at radius 1 is 1.44 bits per heavy atom. The Balaban J connectivity index is 2.65. The van der Waals surface area contributed by atoms with Crippen LogP contribution in [0.4, 0.5) is 0 Å². The van der Waals surface area contributed by atoms with E-state index in [-0.39, 0.29) is 11.0 Å². The average molecular weight is 395 g/mol. The fourth-order valence-electron chi connectivity index (χ4n) is 1.51. The number of H-pyrrole nitrogens is 1. The van der Waals surface area contributed by atoms with Gasteiger partial charge >= 0.3 is 0 Å². The summed E-state index contributed by atoms with van der Waals surface area (Å²) in [6, 6.07) is 1.81. The smallest absolute Gasteiger partial charge is 0.264 e. The van der Waals surface area contributed by atoms with Gasteiger partial charge in [0.2, 0.25) is 0 Å². The van der Waals surface area contributed by atoms with Crippen molar-refractivity contribution in [2.45, 2.75) is 26.2 Å². The topological polar surface area (TPSA) is 45.8 Å². The average Bonchev–Trinajstić information content (AvgIpc) is 2.67. The molecule has 0 radical (unpaired) electrons. The summed E-state index contributed by atoms with van der Waals surface area (Å²) in [6.07, 6.45) is 0. The monoisotopic (exact) mass is 394 g/mol. The van der Waals surface area contributed by atoms with Gasteiger partial charge in [0.25, 0.3) is 5.56 Å². The first-order valence-electron chi connectivity index (χ1n) is 5.34. The van der Waals surface area contributed by atoms with Crippen molar-refractivity contribution in [3.8, 4) is 10.7 Å². The Morgan fingerprint density at radius 2 is 2.11 bits per heavy atom. The number of aromatic nitrogens is 2. The number of halogens is 2. The molecule has 0 saturated heterocycles. The maximum atomic E-state index is 12.0. The SMILES string of the molecule is CC(C)(C)c1nc(-c2cc(Cl)cs2)[nH]c(=O)c1I. The minimum Gasteiger partial charge on any atom is -0.305 e. The van der Waals surface area contributed by atoms with Gasteiger partial charge in [-0.25, -0.2) is 4.98 Å². The molecule has 0 aliphatic carbocycles. The predicted octanol–water partition coefficient (Wildman–Crippen LogP) is 4.05. The van der Waals surface area contributed by atoms with Gasteiger partial charge in [0, 0.05) is 10.8 Å². The van der Waals surface area contributed by atoms with Crippen LogP contribution in [0.25, 0.3) is 10.7 Å². The van der Waals surface area contributed by atoms with Gasteiger partial charge in [-0.2, -0.15) is 0 Å². The van der Waals surface area contributed by atoms with Crippen LogP contribution in [0.15, 0.2) is 16.2 Å². The molecular formula is C12H12ClIN2OS. The molecular weight excluding hydrogens is 383 g/mol. The lowest BCUT2D eigenvalue weighted by Crippen LogP contribution is -2.24. The quantitative estimate of drug-likeness (QED) is 0.742. The number of hydrogen-bond acceptors (Lipinski definition) is 3. The Morgan fingerprint density at radius 3 is 2.61 bits per heavy atom. The molecule has 0 bridgehead atoms. The number of rotatable bonds is 1. The van der Waals surface area contributed by atoms with E-state index in [1.807, 2.05) is 54.8 Å². The molecule has 6 heteroatoms. The first-order chi connectivity index (χ1) is 8.29. The Bertz CT molecular complexity index is 642. The maximum Gasteiger partial charge on any atom is 0.264 e. The third-order valence-electron chi connectivity index (χ3n) is 2.37. The first kappa shape index (κ1) is 14.0. The number of nitrogens with one attached hydrogen (secondary N) is 1. The van der Waals surface area contributed by atoms with Crippen LogP contribution in [0, 0.1) is 3.57 Å². The van der Waals surface area contributed by atoms with Gasteiger partial charge in [0.15, 0.2) is 5.82 Å². The second kappa shape index (κ2) is 4.94. The van der Waals surface area contributed by atoms with Crippen LogP contribution in [0.5, 0.6) is 0 Å².